The highest BCUT2D eigenvalue weighted by molar-refractivity contribution is 7.99. The van der Waals surface area contributed by atoms with Crippen molar-refractivity contribution < 1.29 is 9.90 Å². The van der Waals surface area contributed by atoms with Crippen LogP contribution in [0.2, 0.25) is 5.02 Å². The molecule has 1 aromatic heterocycles. The summed E-state index contributed by atoms with van der Waals surface area (Å²) in [5.74, 6) is -0.808. The van der Waals surface area contributed by atoms with E-state index in [-0.39, 0.29) is 0 Å². The van der Waals surface area contributed by atoms with E-state index in [0.29, 0.717) is 0 Å². The molecule has 0 radical (unpaired) electrons. The summed E-state index contributed by atoms with van der Waals surface area (Å²) in [7, 11) is 0. The normalized spacial score (nSPS) is 12.5. The molecule has 0 saturated carbocycles. The van der Waals surface area contributed by atoms with Gasteiger partial charge < -0.3 is 9.67 Å². The van der Waals surface area contributed by atoms with Crippen LogP contribution < -0.4 is 0 Å². The van der Waals surface area contributed by atoms with Gasteiger partial charge in [0.15, 0.2) is 0 Å². The van der Waals surface area contributed by atoms with Gasteiger partial charge in [-0.15, -0.1) is 11.8 Å². The molecule has 0 aliphatic rings. The molecule has 4 aromatic rings. The number of para-hydroxylation sites is 1. The fourth-order valence-corrected chi connectivity index (χ4v) is 4.94. The molecule has 0 saturated heterocycles. The molecule has 3 aromatic carbocycles. The fourth-order valence-electron chi connectivity index (χ4n) is 4.11. The van der Waals surface area contributed by atoms with Crippen LogP contribution in [0.4, 0.5) is 0 Å². The lowest BCUT2D eigenvalue weighted by molar-refractivity contribution is -0.136. The van der Waals surface area contributed by atoms with Crippen LogP contribution in [-0.4, -0.2) is 21.9 Å². The number of hydrogen-bond acceptors (Lipinski definition) is 2. The van der Waals surface area contributed by atoms with Gasteiger partial charge in [0, 0.05) is 33.4 Å². The zero-order valence-electron chi connectivity index (χ0n) is 16.4. The third-order valence-electron chi connectivity index (χ3n) is 5.37. The minimum Gasteiger partial charge on any atom is -0.480 e. The lowest BCUT2D eigenvalue weighted by Crippen LogP contribution is -2.08. The Morgan fingerprint density at radius 1 is 1.10 bits per heavy atom. The topological polar surface area (TPSA) is 42.2 Å². The summed E-state index contributed by atoms with van der Waals surface area (Å²) in [4.78, 5) is 11.7. The largest absolute Gasteiger partial charge is 0.480 e. The number of thioether (sulfide) groups is 1. The lowest BCUT2D eigenvalue weighted by Gasteiger charge is -2.13. The van der Waals surface area contributed by atoms with E-state index in [4.69, 9.17) is 11.6 Å². The minimum atomic E-state index is -0.808. The molecule has 1 unspecified atom stereocenters. The molecule has 0 amide bonds. The second-order valence-electron chi connectivity index (χ2n) is 7.23. The molecule has 0 aliphatic heterocycles. The van der Waals surface area contributed by atoms with Crippen LogP contribution in [-0.2, 0) is 17.8 Å². The van der Waals surface area contributed by atoms with Crippen LogP contribution in [0.1, 0.15) is 21.9 Å². The van der Waals surface area contributed by atoms with Crippen molar-refractivity contribution in [3.8, 4) is 0 Å². The van der Waals surface area contributed by atoms with Crippen LogP contribution in [0.15, 0.2) is 60.7 Å². The molecule has 3 nitrogen and oxygen atoms in total. The first-order valence-corrected chi connectivity index (χ1v) is 11.2. The Hall–Kier alpha value is -2.43. The number of benzene rings is 3. The average Bonchev–Trinajstić information content (AvgIpc) is 3.01. The third-order valence-corrected chi connectivity index (χ3v) is 6.55. The number of hydrogen-bond donors (Lipinski definition) is 1. The van der Waals surface area contributed by atoms with Crippen LogP contribution in [0, 0.1) is 6.92 Å². The standard InChI is InChI=1S/C24H22ClNO2S/c1-15-12-17(23(29-2)24(27)28)14-21-22(15)19-8-3-4-9-20(19)26(21)11-10-16-6-5-7-18(25)13-16/h3-9,12-14,23H,10-11H2,1-2H3,(H,27,28). The van der Waals surface area contributed by atoms with Gasteiger partial charge in [0.1, 0.15) is 5.25 Å². The summed E-state index contributed by atoms with van der Waals surface area (Å²) in [6, 6.07) is 20.4. The zero-order valence-corrected chi connectivity index (χ0v) is 17.9. The Labute approximate surface area is 179 Å². The number of carboxylic acids is 1. The van der Waals surface area contributed by atoms with Crippen molar-refractivity contribution in [2.75, 3.05) is 6.26 Å². The van der Waals surface area contributed by atoms with Crippen molar-refractivity contribution in [2.24, 2.45) is 0 Å². The van der Waals surface area contributed by atoms with E-state index in [9.17, 15) is 9.90 Å². The van der Waals surface area contributed by atoms with E-state index in [2.05, 4.69) is 47.9 Å². The summed E-state index contributed by atoms with van der Waals surface area (Å²) in [6.45, 7) is 2.86. The molecule has 1 atom stereocenters. The van der Waals surface area contributed by atoms with Crippen molar-refractivity contribution >= 4 is 51.1 Å². The highest BCUT2D eigenvalue weighted by Gasteiger charge is 2.21. The molecule has 148 valence electrons. The second kappa shape index (κ2) is 8.13. The maximum absolute atomic E-state index is 11.7. The van der Waals surface area contributed by atoms with Gasteiger partial charge in [-0.1, -0.05) is 48.0 Å². The Balaban J connectivity index is 1.88. The van der Waals surface area contributed by atoms with Gasteiger partial charge in [-0.25, -0.2) is 0 Å². The monoisotopic (exact) mass is 423 g/mol. The molecular formula is C24H22ClNO2S. The number of aliphatic carboxylic acids is 1. The first-order valence-electron chi connectivity index (χ1n) is 9.51. The predicted molar refractivity (Wildman–Crippen MR) is 123 cm³/mol. The minimum absolute atomic E-state index is 0.572. The summed E-state index contributed by atoms with van der Waals surface area (Å²) in [5.41, 5.74) is 5.38. The number of nitrogens with zero attached hydrogens (tertiary/aromatic N) is 1. The molecule has 1 N–H and O–H groups in total. The van der Waals surface area contributed by atoms with E-state index in [1.54, 1.807) is 0 Å². The highest BCUT2D eigenvalue weighted by atomic mass is 35.5. The number of aromatic nitrogens is 1. The highest BCUT2D eigenvalue weighted by Crippen LogP contribution is 2.36. The smallest absolute Gasteiger partial charge is 0.321 e. The van der Waals surface area contributed by atoms with E-state index >= 15 is 0 Å². The number of carbonyl (C=O) groups is 1. The van der Waals surface area contributed by atoms with Crippen molar-refractivity contribution in [1.82, 2.24) is 4.57 Å². The first-order chi connectivity index (χ1) is 14.0. The van der Waals surface area contributed by atoms with Crippen LogP contribution >= 0.6 is 23.4 Å². The molecule has 0 aliphatic carbocycles. The number of fused-ring (bicyclic) bond motifs is 3. The first kappa shape index (κ1) is 19.9. The van der Waals surface area contributed by atoms with Gasteiger partial charge >= 0.3 is 5.97 Å². The van der Waals surface area contributed by atoms with E-state index in [0.717, 1.165) is 34.6 Å². The summed E-state index contributed by atoms with van der Waals surface area (Å²) < 4.78 is 2.31. The second-order valence-corrected chi connectivity index (χ2v) is 8.61. The van der Waals surface area contributed by atoms with Crippen molar-refractivity contribution in [2.45, 2.75) is 25.1 Å². The predicted octanol–water partition coefficient (Wildman–Crippen LogP) is 6.49. The van der Waals surface area contributed by atoms with Crippen LogP contribution in [0.3, 0.4) is 0 Å². The van der Waals surface area contributed by atoms with E-state index < -0.39 is 11.2 Å². The van der Waals surface area contributed by atoms with Gasteiger partial charge in [0.05, 0.1) is 0 Å². The van der Waals surface area contributed by atoms with E-state index in [1.165, 1.54) is 33.6 Å². The van der Waals surface area contributed by atoms with Crippen LogP contribution in [0.25, 0.3) is 21.8 Å². The van der Waals surface area contributed by atoms with Gasteiger partial charge in [0.2, 0.25) is 0 Å². The quantitative estimate of drug-likeness (QED) is 0.385. The molecule has 0 spiro atoms. The number of aryl methyl sites for hydroxylation is 3. The van der Waals surface area contributed by atoms with Gasteiger partial charge in [-0.05, 0) is 60.6 Å². The fraction of sp³-hybridized carbons (Fsp3) is 0.208. The van der Waals surface area contributed by atoms with Crippen molar-refractivity contribution in [1.29, 1.82) is 0 Å². The molecular weight excluding hydrogens is 402 g/mol. The maximum Gasteiger partial charge on any atom is 0.321 e. The molecule has 1 heterocycles. The molecule has 5 heteroatoms. The van der Waals surface area contributed by atoms with Crippen molar-refractivity contribution in [3.63, 3.8) is 0 Å². The molecule has 29 heavy (non-hydrogen) atoms. The zero-order chi connectivity index (χ0) is 20.5. The van der Waals surface area contributed by atoms with Gasteiger partial charge in [-0.2, -0.15) is 0 Å². The number of rotatable bonds is 6. The van der Waals surface area contributed by atoms with Crippen molar-refractivity contribution in [3.05, 3.63) is 82.4 Å². The SMILES string of the molecule is CSC(C(=O)O)c1cc(C)c2c3ccccc3n(CCc3cccc(Cl)c3)c2c1. The average molecular weight is 424 g/mol. The Kier molecular flexibility index (Phi) is 5.57. The summed E-state index contributed by atoms with van der Waals surface area (Å²) >= 11 is 7.50. The number of carboxylic acid groups (broad SMARTS) is 1. The van der Waals surface area contributed by atoms with Gasteiger partial charge in [0.25, 0.3) is 0 Å². The third kappa shape index (κ3) is 3.75. The van der Waals surface area contributed by atoms with E-state index in [1.807, 2.05) is 30.5 Å². The Morgan fingerprint density at radius 3 is 2.62 bits per heavy atom. The number of halogens is 1. The molecule has 4 rings (SSSR count). The van der Waals surface area contributed by atoms with Gasteiger partial charge in [-0.3, -0.25) is 4.79 Å². The lowest BCUT2D eigenvalue weighted by atomic mass is 10.0. The molecule has 0 bridgehead atoms. The summed E-state index contributed by atoms with van der Waals surface area (Å²) in [6.07, 6.45) is 2.69. The maximum atomic E-state index is 11.7. The Bertz CT molecular complexity index is 1210. The van der Waals surface area contributed by atoms with Crippen LogP contribution in [0.5, 0.6) is 0 Å². The summed E-state index contributed by atoms with van der Waals surface area (Å²) in [5, 5.41) is 12.2. The Morgan fingerprint density at radius 2 is 1.90 bits per heavy atom. The molecule has 0 fully saturated rings.